The summed E-state index contributed by atoms with van der Waals surface area (Å²) in [5.41, 5.74) is 1.38. The van der Waals surface area contributed by atoms with E-state index in [4.69, 9.17) is 0 Å². The third-order valence-electron chi connectivity index (χ3n) is 2.96. The van der Waals surface area contributed by atoms with Gasteiger partial charge in [0.25, 0.3) is 0 Å². The van der Waals surface area contributed by atoms with Crippen molar-refractivity contribution in [2.75, 3.05) is 27.2 Å². The minimum absolute atomic E-state index is 0.473. The first-order chi connectivity index (χ1) is 7.77. The summed E-state index contributed by atoms with van der Waals surface area (Å²) in [6, 6.07) is 11.1. The highest BCUT2D eigenvalue weighted by atomic mass is 15.1. The Labute approximate surface area is 99.7 Å². The van der Waals surface area contributed by atoms with E-state index < -0.39 is 0 Å². The lowest BCUT2D eigenvalue weighted by molar-refractivity contribution is 0.311. The van der Waals surface area contributed by atoms with Crippen LogP contribution >= 0.6 is 0 Å². The predicted molar refractivity (Wildman–Crippen MR) is 70.6 cm³/mol. The SMILES string of the molecule is CCCN(C)CCC(NC)c1ccccc1. The van der Waals surface area contributed by atoms with E-state index in [2.05, 4.69) is 54.5 Å². The van der Waals surface area contributed by atoms with Gasteiger partial charge in [0.2, 0.25) is 0 Å². The normalized spacial score (nSPS) is 13.0. The van der Waals surface area contributed by atoms with Crippen LogP contribution in [0.2, 0.25) is 0 Å². The molecule has 1 aromatic rings. The molecule has 1 atom stereocenters. The molecule has 0 aliphatic heterocycles. The van der Waals surface area contributed by atoms with Crippen LogP contribution in [0.25, 0.3) is 0 Å². The second kappa shape index (κ2) is 7.42. The van der Waals surface area contributed by atoms with Crippen molar-refractivity contribution >= 4 is 0 Å². The maximum Gasteiger partial charge on any atom is 0.0329 e. The van der Waals surface area contributed by atoms with Crippen LogP contribution in [-0.2, 0) is 0 Å². The lowest BCUT2D eigenvalue weighted by Gasteiger charge is -2.21. The fourth-order valence-corrected chi connectivity index (χ4v) is 2.01. The lowest BCUT2D eigenvalue weighted by Crippen LogP contribution is -2.26. The van der Waals surface area contributed by atoms with Gasteiger partial charge in [0.05, 0.1) is 0 Å². The quantitative estimate of drug-likeness (QED) is 0.760. The number of benzene rings is 1. The number of hydrogen-bond acceptors (Lipinski definition) is 2. The smallest absolute Gasteiger partial charge is 0.0329 e. The highest BCUT2D eigenvalue weighted by Gasteiger charge is 2.09. The zero-order valence-corrected chi connectivity index (χ0v) is 10.7. The van der Waals surface area contributed by atoms with Crippen molar-refractivity contribution in [3.8, 4) is 0 Å². The third-order valence-corrected chi connectivity index (χ3v) is 2.96. The van der Waals surface area contributed by atoms with E-state index in [1.165, 1.54) is 18.5 Å². The summed E-state index contributed by atoms with van der Waals surface area (Å²) in [6.45, 7) is 4.56. The molecular formula is C14H24N2. The minimum Gasteiger partial charge on any atom is -0.313 e. The number of hydrogen-bond donors (Lipinski definition) is 1. The van der Waals surface area contributed by atoms with Crippen LogP contribution in [0.1, 0.15) is 31.4 Å². The molecule has 0 fully saturated rings. The zero-order chi connectivity index (χ0) is 11.8. The second-order valence-corrected chi connectivity index (χ2v) is 4.34. The molecule has 0 saturated heterocycles. The molecular weight excluding hydrogens is 196 g/mol. The minimum atomic E-state index is 0.473. The van der Waals surface area contributed by atoms with Gasteiger partial charge >= 0.3 is 0 Å². The first-order valence-electron chi connectivity index (χ1n) is 6.18. The van der Waals surface area contributed by atoms with E-state index in [1.807, 2.05) is 7.05 Å². The van der Waals surface area contributed by atoms with E-state index in [0.717, 1.165) is 13.0 Å². The van der Waals surface area contributed by atoms with Crippen molar-refractivity contribution in [2.24, 2.45) is 0 Å². The van der Waals surface area contributed by atoms with Gasteiger partial charge in [0.15, 0.2) is 0 Å². The van der Waals surface area contributed by atoms with E-state index >= 15 is 0 Å². The van der Waals surface area contributed by atoms with Gasteiger partial charge in [0, 0.05) is 6.04 Å². The summed E-state index contributed by atoms with van der Waals surface area (Å²) in [6.07, 6.45) is 2.39. The van der Waals surface area contributed by atoms with E-state index in [9.17, 15) is 0 Å². The lowest BCUT2D eigenvalue weighted by atomic mass is 10.0. The molecule has 1 rings (SSSR count). The largest absolute Gasteiger partial charge is 0.313 e. The molecule has 16 heavy (non-hydrogen) atoms. The Morgan fingerprint density at radius 1 is 1.19 bits per heavy atom. The first kappa shape index (κ1) is 13.2. The molecule has 0 aromatic heterocycles. The van der Waals surface area contributed by atoms with Crippen LogP contribution in [0.3, 0.4) is 0 Å². The van der Waals surface area contributed by atoms with Gasteiger partial charge in [0.1, 0.15) is 0 Å². The number of rotatable bonds is 7. The molecule has 1 N–H and O–H groups in total. The van der Waals surface area contributed by atoms with Crippen molar-refractivity contribution < 1.29 is 0 Å². The Kier molecular flexibility index (Phi) is 6.12. The monoisotopic (exact) mass is 220 g/mol. The molecule has 0 heterocycles. The highest BCUT2D eigenvalue weighted by Crippen LogP contribution is 2.15. The summed E-state index contributed by atoms with van der Waals surface area (Å²) in [7, 11) is 4.23. The Morgan fingerprint density at radius 3 is 2.44 bits per heavy atom. The average molecular weight is 220 g/mol. The van der Waals surface area contributed by atoms with Crippen LogP contribution in [0.15, 0.2) is 30.3 Å². The highest BCUT2D eigenvalue weighted by molar-refractivity contribution is 5.18. The molecule has 2 heteroatoms. The van der Waals surface area contributed by atoms with Crippen molar-refractivity contribution in [1.82, 2.24) is 10.2 Å². The molecule has 0 radical (unpaired) electrons. The number of nitrogens with one attached hydrogen (secondary N) is 1. The van der Waals surface area contributed by atoms with Gasteiger partial charge < -0.3 is 10.2 Å². The van der Waals surface area contributed by atoms with Gasteiger partial charge in [-0.15, -0.1) is 0 Å². The molecule has 0 spiro atoms. The van der Waals surface area contributed by atoms with Crippen LogP contribution in [0.4, 0.5) is 0 Å². The Balaban J connectivity index is 2.44. The van der Waals surface area contributed by atoms with E-state index in [0.29, 0.717) is 6.04 Å². The molecule has 90 valence electrons. The average Bonchev–Trinajstić information content (AvgIpc) is 2.31. The van der Waals surface area contributed by atoms with Gasteiger partial charge in [-0.3, -0.25) is 0 Å². The van der Waals surface area contributed by atoms with Crippen LogP contribution in [0, 0.1) is 0 Å². The Bertz CT molecular complexity index is 271. The van der Waals surface area contributed by atoms with Crippen LogP contribution < -0.4 is 5.32 Å². The van der Waals surface area contributed by atoms with E-state index in [1.54, 1.807) is 0 Å². The standard InChI is InChI=1S/C14H24N2/c1-4-11-16(3)12-10-14(15-2)13-8-6-5-7-9-13/h5-9,14-15H,4,10-12H2,1-3H3. The molecule has 0 bridgehead atoms. The summed E-state index contributed by atoms with van der Waals surface area (Å²) >= 11 is 0. The third kappa shape index (κ3) is 4.33. The molecule has 2 nitrogen and oxygen atoms in total. The summed E-state index contributed by atoms with van der Waals surface area (Å²) in [4.78, 5) is 2.40. The maximum atomic E-state index is 3.39. The zero-order valence-electron chi connectivity index (χ0n) is 10.7. The van der Waals surface area contributed by atoms with E-state index in [-0.39, 0.29) is 0 Å². The summed E-state index contributed by atoms with van der Waals surface area (Å²) in [5, 5.41) is 3.39. The van der Waals surface area contributed by atoms with Crippen molar-refractivity contribution in [3.63, 3.8) is 0 Å². The Hall–Kier alpha value is -0.860. The summed E-state index contributed by atoms with van der Waals surface area (Å²) in [5.74, 6) is 0. The van der Waals surface area contributed by atoms with Crippen molar-refractivity contribution in [3.05, 3.63) is 35.9 Å². The fourth-order valence-electron chi connectivity index (χ4n) is 2.01. The van der Waals surface area contributed by atoms with Gasteiger partial charge in [-0.05, 0) is 45.6 Å². The molecule has 0 aliphatic rings. The molecule has 0 saturated carbocycles. The molecule has 0 aliphatic carbocycles. The first-order valence-corrected chi connectivity index (χ1v) is 6.18. The van der Waals surface area contributed by atoms with Crippen LogP contribution in [-0.4, -0.2) is 32.1 Å². The van der Waals surface area contributed by atoms with Crippen LogP contribution in [0.5, 0.6) is 0 Å². The molecule has 1 unspecified atom stereocenters. The molecule has 1 aromatic carbocycles. The van der Waals surface area contributed by atoms with Gasteiger partial charge in [-0.1, -0.05) is 37.3 Å². The fraction of sp³-hybridized carbons (Fsp3) is 0.571. The Morgan fingerprint density at radius 2 is 1.88 bits per heavy atom. The molecule has 0 amide bonds. The van der Waals surface area contributed by atoms with Crippen molar-refractivity contribution in [2.45, 2.75) is 25.8 Å². The van der Waals surface area contributed by atoms with Crippen molar-refractivity contribution in [1.29, 1.82) is 0 Å². The maximum absolute atomic E-state index is 3.39. The number of nitrogens with zero attached hydrogens (tertiary/aromatic N) is 1. The van der Waals surface area contributed by atoms with Gasteiger partial charge in [-0.25, -0.2) is 0 Å². The topological polar surface area (TPSA) is 15.3 Å². The van der Waals surface area contributed by atoms with Gasteiger partial charge in [-0.2, -0.15) is 0 Å². The summed E-state index contributed by atoms with van der Waals surface area (Å²) < 4.78 is 0. The second-order valence-electron chi connectivity index (χ2n) is 4.34. The predicted octanol–water partition coefficient (Wildman–Crippen LogP) is 2.68.